The van der Waals surface area contributed by atoms with Crippen LogP contribution in [-0.2, 0) is 28.0 Å². The van der Waals surface area contributed by atoms with Crippen LogP contribution in [0.25, 0.3) is 21.9 Å². The number of unbranched alkanes of at least 4 members (excludes halogenated alkanes) is 5. The number of hydrogen-bond donors (Lipinski definition) is 3. The van der Waals surface area contributed by atoms with E-state index in [1.54, 1.807) is 55.7 Å². The van der Waals surface area contributed by atoms with E-state index in [9.17, 15) is 38.7 Å². The van der Waals surface area contributed by atoms with Crippen LogP contribution in [-0.4, -0.2) is 112 Å². The van der Waals surface area contributed by atoms with Crippen molar-refractivity contribution in [2.45, 2.75) is 64.0 Å². The maximum atomic E-state index is 13.3. The highest BCUT2D eigenvalue weighted by atomic mass is 16.5. The first kappa shape index (κ1) is 43.0. The second-order valence-corrected chi connectivity index (χ2v) is 15.0. The molecule has 2 aliphatic rings. The lowest BCUT2D eigenvalue weighted by molar-refractivity contribution is -0.136. The van der Waals surface area contributed by atoms with E-state index >= 15 is 0 Å². The van der Waals surface area contributed by atoms with Crippen molar-refractivity contribution < 1.29 is 43.3 Å². The third-order valence-electron chi connectivity index (χ3n) is 10.9. The Morgan fingerprint density at radius 1 is 0.933 bits per heavy atom. The number of hydrogen-bond acceptors (Lipinski definition) is 12. The summed E-state index contributed by atoms with van der Waals surface area (Å²) >= 11 is 0. The highest BCUT2D eigenvalue weighted by Gasteiger charge is 2.45. The van der Waals surface area contributed by atoms with Gasteiger partial charge in [0.25, 0.3) is 17.4 Å². The molecular formula is C43H49N7O10. The van der Waals surface area contributed by atoms with Gasteiger partial charge in [-0.1, -0.05) is 31.7 Å². The number of fused-ring (bicyclic) bond motifs is 2. The second-order valence-electron chi connectivity index (χ2n) is 15.0. The number of carbonyl (C=O) groups excluding carboxylic acids is 5. The summed E-state index contributed by atoms with van der Waals surface area (Å²) in [6, 6.07) is 9.38. The number of rotatable bonds is 18. The number of imide groups is 3. The Kier molecular flexibility index (Phi) is 13.6. The summed E-state index contributed by atoms with van der Waals surface area (Å²) in [7, 11) is 6.45. The van der Waals surface area contributed by atoms with Crippen LogP contribution in [0.5, 0.6) is 11.5 Å². The summed E-state index contributed by atoms with van der Waals surface area (Å²) in [6.45, 7) is 0.665. The predicted molar refractivity (Wildman–Crippen MR) is 221 cm³/mol. The largest absolute Gasteiger partial charge is 0.496 e. The summed E-state index contributed by atoms with van der Waals surface area (Å²) < 4.78 is 13.0. The van der Waals surface area contributed by atoms with Crippen molar-refractivity contribution in [3.8, 4) is 22.6 Å². The number of likely N-dealkylation sites (N-methyl/N-ethyl adjacent to an activating group) is 1. The van der Waals surface area contributed by atoms with Crippen molar-refractivity contribution in [3.05, 3.63) is 82.0 Å². The highest BCUT2D eigenvalue weighted by Crippen LogP contribution is 2.38. The fourth-order valence-electron chi connectivity index (χ4n) is 7.79. The van der Waals surface area contributed by atoms with Crippen LogP contribution < -0.4 is 25.7 Å². The highest BCUT2D eigenvalue weighted by molar-refractivity contribution is 6.25. The number of benzene rings is 2. The number of amides is 6. The van der Waals surface area contributed by atoms with E-state index < -0.39 is 41.7 Å². The lowest BCUT2D eigenvalue weighted by atomic mass is 9.99. The van der Waals surface area contributed by atoms with Gasteiger partial charge in [-0.15, -0.1) is 0 Å². The first-order valence-corrected chi connectivity index (χ1v) is 19.8. The minimum absolute atomic E-state index is 0.0480. The Morgan fingerprint density at radius 2 is 1.63 bits per heavy atom. The molecule has 2 aromatic carbocycles. The molecule has 1 saturated heterocycles. The normalized spacial score (nSPS) is 15.0. The van der Waals surface area contributed by atoms with E-state index in [0.717, 1.165) is 58.4 Å². The van der Waals surface area contributed by atoms with Gasteiger partial charge in [-0.3, -0.25) is 48.9 Å². The van der Waals surface area contributed by atoms with Crippen molar-refractivity contribution >= 4 is 52.1 Å². The summed E-state index contributed by atoms with van der Waals surface area (Å²) in [4.78, 5) is 96.1. The summed E-state index contributed by atoms with van der Waals surface area (Å²) in [5, 5.41) is 16.5. The lowest BCUT2D eigenvalue weighted by Gasteiger charge is -2.27. The van der Waals surface area contributed by atoms with Crippen molar-refractivity contribution in [3.63, 3.8) is 0 Å². The molecule has 4 heterocycles. The number of aromatic nitrogens is 2. The van der Waals surface area contributed by atoms with E-state index in [1.807, 2.05) is 12.1 Å². The van der Waals surface area contributed by atoms with Crippen LogP contribution in [0.4, 0.5) is 10.5 Å². The predicted octanol–water partition coefficient (Wildman–Crippen LogP) is 4.41. The van der Waals surface area contributed by atoms with Crippen LogP contribution in [0.3, 0.4) is 0 Å². The first-order chi connectivity index (χ1) is 28.8. The molecule has 4 aromatic rings. The maximum Gasteiger partial charge on any atom is 0.414 e. The van der Waals surface area contributed by atoms with Crippen LogP contribution in [0.2, 0.25) is 0 Å². The Hall–Kier alpha value is -6.62. The van der Waals surface area contributed by atoms with Gasteiger partial charge in [-0.2, -0.15) is 0 Å². The van der Waals surface area contributed by atoms with Crippen molar-refractivity contribution in [2.75, 3.05) is 46.2 Å². The summed E-state index contributed by atoms with van der Waals surface area (Å²) in [5.41, 5.74) is 2.97. The molecule has 17 nitrogen and oxygen atoms in total. The average Bonchev–Trinajstić information content (AvgIpc) is 3.48. The molecule has 0 bridgehead atoms. The number of anilines is 1. The molecule has 6 rings (SSSR count). The smallest absolute Gasteiger partial charge is 0.414 e. The first-order valence-electron chi connectivity index (χ1n) is 19.8. The maximum absolute atomic E-state index is 13.3. The van der Waals surface area contributed by atoms with Gasteiger partial charge in [-0.25, -0.2) is 9.69 Å². The van der Waals surface area contributed by atoms with E-state index in [2.05, 4.69) is 15.6 Å². The van der Waals surface area contributed by atoms with Gasteiger partial charge in [0, 0.05) is 62.9 Å². The zero-order valence-electron chi connectivity index (χ0n) is 34.1. The second kappa shape index (κ2) is 19.0. The third-order valence-corrected chi connectivity index (χ3v) is 10.9. The lowest BCUT2D eigenvalue weighted by Crippen LogP contribution is -2.54. The van der Waals surface area contributed by atoms with Crippen LogP contribution in [0, 0.1) is 0 Å². The number of piperidine rings is 1. The van der Waals surface area contributed by atoms with Crippen LogP contribution >= 0.6 is 0 Å². The van der Waals surface area contributed by atoms with Crippen molar-refractivity contribution in [1.82, 2.24) is 29.6 Å². The molecular weight excluding hydrogens is 775 g/mol. The Labute approximate surface area is 346 Å². The molecule has 316 valence electrons. The van der Waals surface area contributed by atoms with Crippen LogP contribution in [0.15, 0.2) is 59.8 Å². The average molecular weight is 824 g/mol. The zero-order chi connectivity index (χ0) is 43.1. The van der Waals surface area contributed by atoms with Crippen molar-refractivity contribution in [2.24, 2.45) is 7.05 Å². The third kappa shape index (κ3) is 9.15. The Morgan fingerprint density at radius 3 is 2.32 bits per heavy atom. The van der Waals surface area contributed by atoms with Gasteiger partial charge in [0.15, 0.2) is 0 Å². The number of carbonyl (C=O) groups is 6. The molecule has 0 spiro atoms. The molecule has 0 radical (unpaired) electrons. The monoisotopic (exact) mass is 823 g/mol. The van der Waals surface area contributed by atoms with Gasteiger partial charge >= 0.3 is 6.09 Å². The molecule has 1 atom stereocenters. The molecule has 0 saturated carbocycles. The van der Waals surface area contributed by atoms with Gasteiger partial charge in [0.2, 0.25) is 17.7 Å². The molecule has 1 fully saturated rings. The molecule has 0 aliphatic carbocycles. The van der Waals surface area contributed by atoms with E-state index in [4.69, 9.17) is 9.47 Å². The van der Waals surface area contributed by atoms with Gasteiger partial charge in [-0.05, 0) is 67.6 Å². The number of carboxylic acid groups (broad SMARTS) is 1. The molecule has 1 unspecified atom stereocenters. The number of ether oxygens (including phenoxy) is 2. The van der Waals surface area contributed by atoms with Gasteiger partial charge in [0.05, 0.1) is 42.8 Å². The summed E-state index contributed by atoms with van der Waals surface area (Å²) in [5.74, 6) is -1.76. The quantitative estimate of drug-likeness (QED) is 0.0940. The van der Waals surface area contributed by atoms with E-state index in [-0.39, 0.29) is 49.2 Å². The molecule has 6 amide bonds. The standard InChI is InChI=1S/C43H49N7O10/c1-47(23-31-34(59-3)20-26(21-35(31)60-4)30-24-48(2)40(54)29-22-44-18-16-27(29)30)25-37(52)49(43(57)58)19-10-8-6-5-7-9-17-45-32-13-11-12-28-38(32)42(56)50(41(28)55)33-14-15-36(51)46-39(33)53/h11-13,16,18,20-22,24,33,45H,5-10,14-15,17,19,23,25H2,1-4H3,(H,57,58)(H,46,51,53). The summed E-state index contributed by atoms with van der Waals surface area (Å²) in [6.07, 6.45) is 8.30. The molecule has 17 heteroatoms. The fraction of sp³-hybridized carbons (Fsp3) is 0.395. The minimum Gasteiger partial charge on any atom is -0.496 e. The van der Waals surface area contributed by atoms with E-state index in [1.165, 1.54) is 25.0 Å². The van der Waals surface area contributed by atoms with Crippen LogP contribution in [0.1, 0.15) is 77.6 Å². The number of methoxy groups -OCH3 is 2. The Bertz CT molecular complexity index is 2370. The number of pyridine rings is 2. The number of nitrogens with one attached hydrogen (secondary N) is 2. The fourth-order valence-corrected chi connectivity index (χ4v) is 7.79. The van der Waals surface area contributed by atoms with Gasteiger partial charge < -0.3 is 24.5 Å². The molecule has 2 aromatic heterocycles. The minimum atomic E-state index is -1.31. The zero-order valence-corrected chi connectivity index (χ0v) is 34.1. The molecule has 60 heavy (non-hydrogen) atoms. The number of aryl methyl sites for hydroxylation is 1. The molecule has 2 aliphatic heterocycles. The molecule has 3 N–H and O–H groups in total. The van der Waals surface area contributed by atoms with E-state index in [0.29, 0.717) is 41.1 Å². The van der Waals surface area contributed by atoms with Crippen molar-refractivity contribution in [1.29, 1.82) is 0 Å². The van der Waals surface area contributed by atoms with Gasteiger partial charge in [0.1, 0.15) is 17.5 Å². The SMILES string of the molecule is COc1cc(-c2cn(C)c(=O)c3cnccc23)cc(OC)c1CN(C)CC(=O)N(CCCCCCCCNc1cccc2c1C(=O)N(C1CCC(=O)NC1=O)C2=O)C(=O)O. The topological polar surface area (TPSA) is 210 Å². The number of nitrogens with zero attached hydrogens (tertiary/aromatic N) is 5. The Balaban J connectivity index is 0.954.